The Bertz CT molecular complexity index is 862. The average molecular weight is 692 g/mol. The standard InChI is InChI=1S/C30H45Br2O6P/c31-21-25-37-39(33,38-26-22-32)36-24-14-20-30(35-27-28-15-8-6-9-16-28)19-10-4-2-1-3-5-13-23-34-29-17-11-7-12-18-29/h6-9,11-12,15-18,30H,1-5,10,13-14,19-27H2. The molecule has 220 valence electrons. The lowest BCUT2D eigenvalue weighted by Crippen LogP contribution is -2.14. The molecule has 39 heavy (non-hydrogen) atoms. The number of hydrogen-bond acceptors (Lipinski definition) is 6. The maximum Gasteiger partial charge on any atom is 0.474 e. The first-order valence-corrected chi connectivity index (χ1v) is 17.8. The van der Waals surface area contributed by atoms with Crippen LogP contribution in [0.3, 0.4) is 0 Å². The molecule has 1 atom stereocenters. The first-order chi connectivity index (χ1) is 19.1. The summed E-state index contributed by atoms with van der Waals surface area (Å²) in [7, 11) is -3.54. The van der Waals surface area contributed by atoms with E-state index in [1.54, 1.807) is 0 Å². The van der Waals surface area contributed by atoms with Gasteiger partial charge in [0.1, 0.15) is 5.75 Å². The van der Waals surface area contributed by atoms with Crippen molar-refractivity contribution in [3.05, 3.63) is 66.2 Å². The Hall–Kier alpha value is -0.730. The fourth-order valence-electron chi connectivity index (χ4n) is 4.06. The molecule has 0 aliphatic rings. The van der Waals surface area contributed by atoms with E-state index in [0.717, 1.165) is 44.5 Å². The summed E-state index contributed by atoms with van der Waals surface area (Å²) >= 11 is 6.56. The molecule has 6 nitrogen and oxygen atoms in total. The number of unbranched alkanes of at least 4 members (excludes halogenated alkanes) is 6. The minimum absolute atomic E-state index is 0.134. The molecule has 2 aromatic carbocycles. The Morgan fingerprint density at radius 3 is 1.79 bits per heavy atom. The van der Waals surface area contributed by atoms with Crippen LogP contribution in [-0.4, -0.2) is 43.2 Å². The van der Waals surface area contributed by atoms with Gasteiger partial charge in [-0.25, -0.2) is 4.57 Å². The Labute approximate surface area is 252 Å². The third-order valence-corrected chi connectivity index (χ3v) is 8.23. The van der Waals surface area contributed by atoms with E-state index in [1.807, 2.05) is 48.5 Å². The van der Waals surface area contributed by atoms with Crippen molar-refractivity contribution in [2.75, 3.05) is 37.1 Å². The van der Waals surface area contributed by atoms with Crippen LogP contribution >= 0.6 is 39.7 Å². The van der Waals surface area contributed by atoms with Gasteiger partial charge in [-0.05, 0) is 43.4 Å². The van der Waals surface area contributed by atoms with Crippen molar-refractivity contribution in [3.8, 4) is 5.75 Å². The third kappa shape index (κ3) is 17.6. The smallest absolute Gasteiger partial charge is 0.474 e. The summed E-state index contributed by atoms with van der Waals surface area (Å²) < 4.78 is 41.1. The number of rotatable bonds is 25. The van der Waals surface area contributed by atoms with Gasteiger partial charge in [-0.15, -0.1) is 0 Å². The van der Waals surface area contributed by atoms with E-state index in [2.05, 4.69) is 44.0 Å². The molecule has 9 heteroatoms. The molecule has 1 unspecified atom stereocenters. The van der Waals surface area contributed by atoms with Crippen molar-refractivity contribution in [3.63, 3.8) is 0 Å². The van der Waals surface area contributed by atoms with E-state index in [-0.39, 0.29) is 19.3 Å². The lowest BCUT2D eigenvalue weighted by molar-refractivity contribution is 0.0226. The molecule has 2 rings (SSSR count). The lowest BCUT2D eigenvalue weighted by Gasteiger charge is -2.20. The number of hydrogen-bond donors (Lipinski definition) is 0. The molecule has 0 aliphatic heterocycles. The van der Waals surface area contributed by atoms with Crippen molar-refractivity contribution in [2.24, 2.45) is 0 Å². The van der Waals surface area contributed by atoms with Crippen LogP contribution in [0.4, 0.5) is 0 Å². The number of benzene rings is 2. The van der Waals surface area contributed by atoms with Crippen molar-refractivity contribution in [1.29, 1.82) is 0 Å². The summed E-state index contributed by atoms with van der Waals surface area (Å²) in [6, 6.07) is 20.3. The highest BCUT2D eigenvalue weighted by Gasteiger charge is 2.26. The molecule has 0 spiro atoms. The Morgan fingerprint density at radius 2 is 1.15 bits per heavy atom. The van der Waals surface area contributed by atoms with Gasteiger partial charge in [0.2, 0.25) is 0 Å². The van der Waals surface area contributed by atoms with Crippen molar-refractivity contribution >= 4 is 39.7 Å². The molecule has 0 N–H and O–H groups in total. The van der Waals surface area contributed by atoms with Gasteiger partial charge in [-0.3, -0.25) is 13.6 Å². The van der Waals surface area contributed by atoms with Crippen LogP contribution in [0.15, 0.2) is 60.7 Å². The van der Waals surface area contributed by atoms with Crippen LogP contribution in [0, 0.1) is 0 Å². The first-order valence-electron chi connectivity index (χ1n) is 14.1. The minimum Gasteiger partial charge on any atom is -0.494 e. The molecule has 0 saturated heterocycles. The SMILES string of the molecule is O=P(OCCBr)(OCCBr)OCCCC(CCCCCCCCCOc1ccccc1)OCc1ccccc1. The summed E-state index contributed by atoms with van der Waals surface area (Å²) in [4.78, 5) is 0. The highest BCUT2D eigenvalue weighted by Crippen LogP contribution is 2.49. The molecular weight excluding hydrogens is 647 g/mol. The fraction of sp³-hybridized carbons (Fsp3) is 0.600. The van der Waals surface area contributed by atoms with Gasteiger partial charge >= 0.3 is 7.82 Å². The number of phosphoric acid groups is 1. The second-order valence-corrected chi connectivity index (χ2v) is 12.6. The van der Waals surface area contributed by atoms with E-state index in [1.165, 1.54) is 37.7 Å². The molecular formula is C30H45Br2O6P. The van der Waals surface area contributed by atoms with E-state index < -0.39 is 7.82 Å². The van der Waals surface area contributed by atoms with Crippen molar-refractivity contribution in [2.45, 2.75) is 76.9 Å². The topological polar surface area (TPSA) is 63.2 Å². The van der Waals surface area contributed by atoms with Gasteiger partial charge < -0.3 is 9.47 Å². The quantitative estimate of drug-likeness (QED) is 0.0587. The van der Waals surface area contributed by atoms with Crippen LogP contribution in [-0.2, 0) is 29.5 Å². The molecule has 0 aliphatic carbocycles. The highest BCUT2D eigenvalue weighted by atomic mass is 79.9. The zero-order chi connectivity index (χ0) is 27.9. The molecule has 0 radical (unpaired) electrons. The summed E-state index contributed by atoms with van der Waals surface area (Å²) in [6.07, 6.45) is 11.1. The van der Waals surface area contributed by atoms with Gasteiger partial charge in [-0.2, -0.15) is 0 Å². The molecule has 0 heterocycles. The van der Waals surface area contributed by atoms with Gasteiger partial charge in [0, 0.05) is 10.7 Å². The zero-order valence-electron chi connectivity index (χ0n) is 23.0. The van der Waals surface area contributed by atoms with E-state index in [0.29, 0.717) is 23.9 Å². The van der Waals surface area contributed by atoms with Crippen molar-refractivity contribution in [1.82, 2.24) is 0 Å². The highest BCUT2D eigenvalue weighted by molar-refractivity contribution is 9.09. The maximum atomic E-state index is 12.8. The van der Waals surface area contributed by atoms with Crippen molar-refractivity contribution < 1.29 is 27.6 Å². The minimum atomic E-state index is -3.54. The molecule has 0 aromatic heterocycles. The van der Waals surface area contributed by atoms with Crippen LogP contribution < -0.4 is 4.74 Å². The molecule has 0 fully saturated rings. The Kier molecular flexibility index (Phi) is 20.2. The van der Waals surface area contributed by atoms with Gasteiger partial charge in [0.05, 0.1) is 39.1 Å². The molecule has 0 amide bonds. The normalized spacial score (nSPS) is 12.5. The number of ether oxygens (including phenoxy) is 2. The predicted octanol–water partition coefficient (Wildman–Crippen LogP) is 9.50. The zero-order valence-corrected chi connectivity index (χ0v) is 27.1. The monoisotopic (exact) mass is 690 g/mol. The second kappa shape index (κ2) is 22.9. The molecule has 2 aromatic rings. The van der Waals surface area contributed by atoms with E-state index in [9.17, 15) is 4.57 Å². The predicted molar refractivity (Wildman–Crippen MR) is 166 cm³/mol. The average Bonchev–Trinajstić information content (AvgIpc) is 2.97. The fourth-order valence-corrected chi connectivity index (χ4v) is 6.09. The summed E-state index contributed by atoms with van der Waals surface area (Å²) in [6.45, 7) is 2.22. The Balaban J connectivity index is 1.63. The van der Waals surface area contributed by atoms with Crippen LogP contribution in [0.2, 0.25) is 0 Å². The van der Waals surface area contributed by atoms with Gasteiger partial charge in [0.15, 0.2) is 0 Å². The second-order valence-electron chi connectivity index (χ2n) is 9.31. The van der Waals surface area contributed by atoms with Crippen LogP contribution in [0.25, 0.3) is 0 Å². The van der Waals surface area contributed by atoms with Gasteiger partial charge in [0.25, 0.3) is 0 Å². The number of phosphoric ester groups is 1. The van der Waals surface area contributed by atoms with Crippen LogP contribution in [0.1, 0.15) is 69.8 Å². The third-order valence-electron chi connectivity index (χ3n) is 6.08. The van der Waals surface area contributed by atoms with Crippen LogP contribution in [0.5, 0.6) is 5.75 Å². The maximum absolute atomic E-state index is 12.8. The summed E-state index contributed by atoms with van der Waals surface area (Å²) in [5.41, 5.74) is 1.17. The van der Waals surface area contributed by atoms with E-state index >= 15 is 0 Å². The summed E-state index contributed by atoms with van der Waals surface area (Å²) in [5, 5.41) is 1.13. The largest absolute Gasteiger partial charge is 0.494 e. The molecule has 0 saturated carbocycles. The molecule has 0 bridgehead atoms. The Morgan fingerprint density at radius 1 is 0.615 bits per heavy atom. The number of halogens is 2. The number of alkyl halides is 2. The summed E-state index contributed by atoms with van der Waals surface area (Å²) in [5.74, 6) is 0.952. The number of para-hydroxylation sites is 1. The lowest BCUT2D eigenvalue weighted by atomic mass is 10.0. The van der Waals surface area contributed by atoms with E-state index in [4.69, 9.17) is 23.0 Å². The van der Waals surface area contributed by atoms with Gasteiger partial charge in [-0.1, -0.05) is 119 Å². The first kappa shape index (κ1) is 34.5.